The van der Waals surface area contributed by atoms with Crippen LogP contribution in [0.2, 0.25) is 0 Å². The van der Waals surface area contributed by atoms with Gasteiger partial charge in [0.1, 0.15) is 5.78 Å². The summed E-state index contributed by atoms with van der Waals surface area (Å²) in [6.45, 7) is 7.34. The number of carbonyl (C=O) groups excluding carboxylic acids is 1. The Balaban J connectivity index is 1.87. The molecule has 2 nitrogen and oxygen atoms in total. The summed E-state index contributed by atoms with van der Waals surface area (Å²) in [7, 11) is 2.15. The van der Waals surface area contributed by atoms with E-state index >= 15 is 0 Å². The molecule has 0 aliphatic heterocycles. The number of carbonyl (C=O) groups is 1. The van der Waals surface area contributed by atoms with Crippen molar-refractivity contribution in [3.8, 4) is 0 Å². The van der Waals surface area contributed by atoms with Crippen LogP contribution in [0.25, 0.3) is 0 Å². The second-order valence-corrected chi connectivity index (χ2v) is 7.59. The second-order valence-electron chi connectivity index (χ2n) is 6.56. The van der Waals surface area contributed by atoms with Crippen LogP contribution in [0.1, 0.15) is 38.5 Å². The third-order valence-corrected chi connectivity index (χ3v) is 5.39. The highest BCUT2D eigenvalue weighted by molar-refractivity contribution is 7.09. The maximum absolute atomic E-state index is 12.3. The summed E-state index contributed by atoms with van der Waals surface area (Å²) in [6, 6.07) is 4.80. The van der Waals surface area contributed by atoms with E-state index < -0.39 is 0 Å². The fourth-order valence-electron chi connectivity index (χ4n) is 2.92. The van der Waals surface area contributed by atoms with Gasteiger partial charge < -0.3 is 4.90 Å². The monoisotopic (exact) mass is 279 g/mol. The van der Waals surface area contributed by atoms with Gasteiger partial charge in [0, 0.05) is 28.8 Å². The number of Topliss-reactive ketones (excluding diaryl/α,β-unsaturated/α-hetero) is 1. The summed E-state index contributed by atoms with van der Waals surface area (Å²) in [4.78, 5) is 16.1. The lowest BCUT2D eigenvalue weighted by Gasteiger charge is -2.27. The summed E-state index contributed by atoms with van der Waals surface area (Å²) in [6.07, 6.45) is 3.18. The largest absolute Gasteiger partial charge is 0.303 e. The molecule has 0 aromatic carbocycles. The second kappa shape index (κ2) is 5.76. The lowest BCUT2D eigenvalue weighted by Crippen LogP contribution is -2.37. The van der Waals surface area contributed by atoms with E-state index in [4.69, 9.17) is 0 Å². The van der Waals surface area contributed by atoms with Crippen LogP contribution in [0.3, 0.4) is 0 Å². The van der Waals surface area contributed by atoms with Crippen molar-refractivity contribution in [2.45, 2.75) is 46.1 Å². The van der Waals surface area contributed by atoms with Crippen molar-refractivity contribution < 1.29 is 4.79 Å². The minimum atomic E-state index is -0.0947. The van der Waals surface area contributed by atoms with E-state index in [2.05, 4.69) is 50.2 Å². The molecule has 0 spiro atoms. The maximum Gasteiger partial charge on any atom is 0.142 e. The van der Waals surface area contributed by atoms with Gasteiger partial charge in [0.15, 0.2) is 0 Å². The molecule has 2 atom stereocenters. The van der Waals surface area contributed by atoms with Gasteiger partial charge in [-0.15, -0.1) is 11.3 Å². The summed E-state index contributed by atoms with van der Waals surface area (Å²) in [5.74, 6) is 0.702. The van der Waals surface area contributed by atoms with Crippen LogP contribution in [0.15, 0.2) is 17.5 Å². The minimum absolute atomic E-state index is 0.0947. The van der Waals surface area contributed by atoms with Crippen molar-refractivity contribution in [2.75, 3.05) is 13.6 Å². The fraction of sp³-hybridized carbons (Fsp3) is 0.688. The van der Waals surface area contributed by atoms with E-state index in [1.54, 1.807) is 0 Å². The number of hydrogen-bond acceptors (Lipinski definition) is 3. The van der Waals surface area contributed by atoms with E-state index in [1.165, 1.54) is 4.88 Å². The Morgan fingerprint density at radius 1 is 1.53 bits per heavy atom. The van der Waals surface area contributed by atoms with Crippen molar-refractivity contribution in [2.24, 2.45) is 11.3 Å². The maximum atomic E-state index is 12.3. The highest BCUT2D eigenvalue weighted by Gasteiger charge is 2.40. The van der Waals surface area contributed by atoms with Gasteiger partial charge in [-0.05, 0) is 44.7 Å². The SMILES string of the molecule is CC(Cc1cccs1)N(C)CC1CCC(C)(C)C1=O. The van der Waals surface area contributed by atoms with E-state index in [9.17, 15) is 4.79 Å². The van der Waals surface area contributed by atoms with Crippen LogP contribution >= 0.6 is 11.3 Å². The van der Waals surface area contributed by atoms with Crippen LogP contribution in [0.4, 0.5) is 0 Å². The average molecular weight is 279 g/mol. The molecule has 1 aliphatic carbocycles. The quantitative estimate of drug-likeness (QED) is 0.820. The van der Waals surface area contributed by atoms with Crippen molar-refractivity contribution in [3.63, 3.8) is 0 Å². The molecule has 1 aromatic heterocycles. The number of nitrogens with zero attached hydrogens (tertiary/aromatic N) is 1. The molecule has 3 heteroatoms. The van der Waals surface area contributed by atoms with Crippen molar-refractivity contribution in [1.82, 2.24) is 4.90 Å². The minimum Gasteiger partial charge on any atom is -0.303 e. The lowest BCUT2D eigenvalue weighted by atomic mass is 9.89. The molecule has 0 N–H and O–H groups in total. The van der Waals surface area contributed by atoms with Crippen LogP contribution in [0, 0.1) is 11.3 Å². The standard InChI is InChI=1S/C16H25NOS/c1-12(10-14-6-5-9-19-14)17(4)11-13-7-8-16(2,3)15(13)18/h5-6,9,12-13H,7-8,10-11H2,1-4H3. The Bertz CT molecular complexity index is 424. The fourth-order valence-corrected chi connectivity index (χ4v) is 3.75. The number of thiophene rings is 1. The lowest BCUT2D eigenvalue weighted by molar-refractivity contribution is -0.128. The Morgan fingerprint density at radius 2 is 2.26 bits per heavy atom. The molecule has 0 bridgehead atoms. The summed E-state index contributed by atoms with van der Waals surface area (Å²) in [5.41, 5.74) is -0.0947. The molecule has 19 heavy (non-hydrogen) atoms. The van der Waals surface area contributed by atoms with E-state index in [0.717, 1.165) is 25.8 Å². The molecule has 2 unspecified atom stereocenters. The Labute approximate surface area is 120 Å². The third kappa shape index (κ3) is 3.46. The first-order chi connectivity index (χ1) is 8.90. The van der Waals surface area contributed by atoms with Gasteiger partial charge in [0.25, 0.3) is 0 Å². The number of hydrogen-bond donors (Lipinski definition) is 0. The normalized spacial score (nSPS) is 24.1. The molecule has 1 fully saturated rings. The van der Waals surface area contributed by atoms with E-state index in [-0.39, 0.29) is 11.3 Å². The summed E-state index contributed by atoms with van der Waals surface area (Å²) in [5, 5.41) is 2.13. The molecule has 0 radical (unpaired) electrons. The average Bonchev–Trinajstić information content (AvgIpc) is 2.93. The van der Waals surface area contributed by atoms with Gasteiger partial charge in [-0.2, -0.15) is 0 Å². The van der Waals surface area contributed by atoms with Crippen molar-refractivity contribution in [1.29, 1.82) is 0 Å². The van der Waals surface area contributed by atoms with Gasteiger partial charge in [0.05, 0.1) is 0 Å². The molecular weight excluding hydrogens is 254 g/mol. The van der Waals surface area contributed by atoms with E-state index in [0.29, 0.717) is 11.8 Å². The number of ketones is 1. The molecular formula is C16H25NOS. The number of rotatable bonds is 5. The zero-order chi connectivity index (χ0) is 14.0. The Morgan fingerprint density at radius 3 is 2.79 bits per heavy atom. The van der Waals surface area contributed by atoms with Gasteiger partial charge in [-0.3, -0.25) is 4.79 Å². The molecule has 106 valence electrons. The zero-order valence-electron chi connectivity index (χ0n) is 12.5. The number of likely N-dealkylation sites (N-methyl/N-ethyl adjacent to an activating group) is 1. The molecule has 1 saturated carbocycles. The predicted molar refractivity (Wildman–Crippen MR) is 81.6 cm³/mol. The third-order valence-electron chi connectivity index (χ3n) is 4.49. The van der Waals surface area contributed by atoms with Crippen molar-refractivity contribution >= 4 is 17.1 Å². The first kappa shape index (κ1) is 14.7. The molecule has 1 aromatic rings. The first-order valence-electron chi connectivity index (χ1n) is 7.17. The zero-order valence-corrected chi connectivity index (χ0v) is 13.3. The van der Waals surface area contributed by atoms with Crippen LogP contribution in [-0.2, 0) is 11.2 Å². The van der Waals surface area contributed by atoms with Crippen LogP contribution < -0.4 is 0 Å². The Kier molecular flexibility index (Phi) is 4.46. The molecule has 0 saturated heterocycles. The van der Waals surface area contributed by atoms with E-state index in [1.807, 2.05) is 11.3 Å². The smallest absolute Gasteiger partial charge is 0.142 e. The highest BCUT2D eigenvalue weighted by atomic mass is 32.1. The summed E-state index contributed by atoms with van der Waals surface area (Å²) >= 11 is 1.82. The van der Waals surface area contributed by atoms with Gasteiger partial charge in [-0.1, -0.05) is 19.9 Å². The van der Waals surface area contributed by atoms with Crippen LogP contribution in [-0.4, -0.2) is 30.3 Å². The molecule has 0 amide bonds. The van der Waals surface area contributed by atoms with Gasteiger partial charge >= 0.3 is 0 Å². The predicted octanol–water partition coefficient (Wildman–Crippen LogP) is 3.62. The van der Waals surface area contributed by atoms with Crippen molar-refractivity contribution in [3.05, 3.63) is 22.4 Å². The molecule has 2 rings (SSSR count). The van der Waals surface area contributed by atoms with Gasteiger partial charge in [-0.25, -0.2) is 0 Å². The first-order valence-corrected chi connectivity index (χ1v) is 8.05. The topological polar surface area (TPSA) is 20.3 Å². The Hall–Kier alpha value is -0.670. The molecule has 1 heterocycles. The molecule has 1 aliphatic rings. The highest BCUT2D eigenvalue weighted by Crippen LogP contribution is 2.37. The van der Waals surface area contributed by atoms with Crippen LogP contribution in [0.5, 0.6) is 0 Å². The summed E-state index contributed by atoms with van der Waals surface area (Å²) < 4.78 is 0. The van der Waals surface area contributed by atoms with Gasteiger partial charge in [0.2, 0.25) is 0 Å².